The number of amides is 1. The van der Waals surface area contributed by atoms with E-state index in [2.05, 4.69) is 27.2 Å². The molecule has 9 nitrogen and oxygen atoms in total. The average Bonchev–Trinajstić information content (AvgIpc) is 3.15. The molecular weight excluding hydrogens is 400 g/mol. The van der Waals surface area contributed by atoms with E-state index < -0.39 is 17.4 Å². The Labute approximate surface area is 178 Å². The van der Waals surface area contributed by atoms with Gasteiger partial charge in [-0.1, -0.05) is 35.5 Å². The average molecular weight is 422 g/mol. The lowest BCUT2D eigenvalue weighted by Gasteiger charge is -2.40. The number of carbonyl (C=O) groups is 3. The molecule has 1 fully saturated rings. The molecule has 1 aliphatic heterocycles. The molecule has 4 rings (SSSR count). The Morgan fingerprint density at radius 1 is 1.16 bits per heavy atom. The molecule has 0 aliphatic carbocycles. The van der Waals surface area contributed by atoms with Crippen LogP contribution in [0.3, 0.4) is 0 Å². The van der Waals surface area contributed by atoms with Gasteiger partial charge in [-0.25, -0.2) is 9.78 Å². The first-order chi connectivity index (χ1) is 14.8. The number of carboxylic acids is 1. The van der Waals surface area contributed by atoms with Crippen LogP contribution >= 0.6 is 0 Å². The zero-order chi connectivity index (χ0) is 22.1. The van der Waals surface area contributed by atoms with E-state index in [0.717, 1.165) is 19.6 Å². The third-order valence-electron chi connectivity index (χ3n) is 5.47. The molecule has 160 valence electrons. The zero-order valence-electron chi connectivity index (χ0n) is 17.2. The first-order valence-electron chi connectivity index (χ1n) is 9.97. The molecule has 3 heterocycles. The smallest absolute Gasteiger partial charge is 0.379 e. The minimum Gasteiger partial charge on any atom is -0.475 e. The second-order valence-electron chi connectivity index (χ2n) is 7.73. The van der Waals surface area contributed by atoms with Crippen molar-refractivity contribution in [2.24, 2.45) is 0 Å². The SMILES string of the molecule is Cc1cc2onc(C(=O)C(=O)O)c2nc1C(=O)N1CCN(Cc2ccccc2)CC1C. The van der Waals surface area contributed by atoms with Gasteiger partial charge < -0.3 is 14.5 Å². The summed E-state index contributed by atoms with van der Waals surface area (Å²) in [6, 6.07) is 11.7. The molecule has 1 saturated heterocycles. The molecule has 31 heavy (non-hydrogen) atoms. The fraction of sp³-hybridized carbons (Fsp3) is 0.318. The zero-order valence-corrected chi connectivity index (χ0v) is 17.2. The standard InChI is InChI=1S/C22H22N4O5/c1-13-10-16-18(19(24-31-16)20(27)22(29)30)23-17(13)21(28)26-9-8-25(11-14(26)2)12-15-6-4-3-5-7-15/h3-7,10,14H,8-9,11-12H2,1-2H3,(H,29,30). The number of nitrogens with zero attached hydrogens (tertiary/aromatic N) is 4. The van der Waals surface area contributed by atoms with Gasteiger partial charge in [0.15, 0.2) is 11.3 Å². The van der Waals surface area contributed by atoms with E-state index in [1.54, 1.807) is 17.9 Å². The van der Waals surface area contributed by atoms with Crippen LogP contribution in [-0.4, -0.2) is 68.4 Å². The van der Waals surface area contributed by atoms with Crippen LogP contribution in [0.25, 0.3) is 11.1 Å². The van der Waals surface area contributed by atoms with Gasteiger partial charge in [-0.2, -0.15) is 0 Å². The molecule has 1 amide bonds. The molecule has 0 radical (unpaired) electrons. The van der Waals surface area contributed by atoms with Gasteiger partial charge in [0.1, 0.15) is 11.2 Å². The lowest BCUT2D eigenvalue weighted by Crippen LogP contribution is -2.53. The highest BCUT2D eigenvalue weighted by molar-refractivity contribution is 6.41. The van der Waals surface area contributed by atoms with Crippen LogP contribution in [0.2, 0.25) is 0 Å². The van der Waals surface area contributed by atoms with E-state index in [0.29, 0.717) is 12.1 Å². The van der Waals surface area contributed by atoms with Crippen molar-refractivity contribution < 1.29 is 24.0 Å². The van der Waals surface area contributed by atoms with Crippen LogP contribution in [0, 0.1) is 6.92 Å². The summed E-state index contributed by atoms with van der Waals surface area (Å²) in [5.41, 5.74) is 1.70. The van der Waals surface area contributed by atoms with E-state index in [4.69, 9.17) is 9.63 Å². The van der Waals surface area contributed by atoms with Crippen LogP contribution in [0.15, 0.2) is 40.9 Å². The number of aliphatic carboxylic acids is 1. The van der Waals surface area contributed by atoms with Crippen LogP contribution in [-0.2, 0) is 11.3 Å². The number of aromatic nitrogens is 2. The summed E-state index contributed by atoms with van der Waals surface area (Å²) in [6.45, 7) is 6.51. The van der Waals surface area contributed by atoms with Gasteiger partial charge in [-0.15, -0.1) is 0 Å². The monoisotopic (exact) mass is 422 g/mol. The van der Waals surface area contributed by atoms with Crippen molar-refractivity contribution in [2.45, 2.75) is 26.4 Å². The Balaban J connectivity index is 1.55. The molecular formula is C22H22N4O5. The topological polar surface area (TPSA) is 117 Å². The summed E-state index contributed by atoms with van der Waals surface area (Å²) in [5.74, 6) is -3.15. The predicted molar refractivity (Wildman–Crippen MR) is 111 cm³/mol. The fourth-order valence-corrected chi connectivity index (χ4v) is 3.89. The number of pyridine rings is 1. The number of Topliss-reactive ketones (excluding diaryl/α,β-unsaturated/α-hetero) is 1. The molecule has 9 heteroatoms. The van der Waals surface area contributed by atoms with Crippen molar-refractivity contribution in [2.75, 3.05) is 19.6 Å². The van der Waals surface area contributed by atoms with E-state index in [-0.39, 0.29) is 28.7 Å². The summed E-state index contributed by atoms with van der Waals surface area (Å²) in [6.07, 6.45) is 0. The first kappa shape index (κ1) is 20.7. The molecule has 1 atom stereocenters. The van der Waals surface area contributed by atoms with E-state index in [9.17, 15) is 14.4 Å². The van der Waals surface area contributed by atoms with Crippen LogP contribution < -0.4 is 0 Å². The fourth-order valence-electron chi connectivity index (χ4n) is 3.89. The number of aryl methyl sites for hydroxylation is 1. The Kier molecular flexibility index (Phi) is 5.51. The summed E-state index contributed by atoms with van der Waals surface area (Å²) in [4.78, 5) is 44.5. The van der Waals surface area contributed by atoms with E-state index >= 15 is 0 Å². The van der Waals surface area contributed by atoms with Gasteiger partial charge in [0.2, 0.25) is 0 Å². The van der Waals surface area contributed by atoms with Gasteiger partial charge >= 0.3 is 5.97 Å². The lowest BCUT2D eigenvalue weighted by molar-refractivity contribution is -0.131. The van der Waals surface area contributed by atoms with Crippen molar-refractivity contribution in [3.05, 3.63) is 58.9 Å². The number of hydrogen-bond donors (Lipinski definition) is 1. The number of fused-ring (bicyclic) bond motifs is 1. The van der Waals surface area contributed by atoms with Gasteiger partial charge in [0.05, 0.1) is 0 Å². The van der Waals surface area contributed by atoms with Crippen molar-refractivity contribution in [3.8, 4) is 0 Å². The van der Waals surface area contributed by atoms with Crippen molar-refractivity contribution in [1.29, 1.82) is 0 Å². The molecule has 1 unspecified atom stereocenters. The minimum absolute atomic E-state index is 0.0169. The highest BCUT2D eigenvalue weighted by atomic mass is 16.5. The normalized spacial score (nSPS) is 17.1. The van der Waals surface area contributed by atoms with Gasteiger partial charge in [0.25, 0.3) is 11.7 Å². The molecule has 3 aromatic rings. The van der Waals surface area contributed by atoms with Gasteiger partial charge in [-0.3, -0.25) is 14.5 Å². The Morgan fingerprint density at radius 2 is 1.90 bits per heavy atom. The largest absolute Gasteiger partial charge is 0.475 e. The highest BCUT2D eigenvalue weighted by Crippen LogP contribution is 2.23. The summed E-state index contributed by atoms with van der Waals surface area (Å²) < 4.78 is 5.04. The van der Waals surface area contributed by atoms with Crippen LogP contribution in [0.4, 0.5) is 0 Å². The number of ketones is 1. The molecule has 0 bridgehead atoms. The van der Waals surface area contributed by atoms with E-state index in [1.807, 2.05) is 25.1 Å². The van der Waals surface area contributed by atoms with E-state index in [1.165, 1.54) is 5.56 Å². The number of benzene rings is 1. The number of rotatable bonds is 5. The predicted octanol–water partition coefficient (Wildman–Crippen LogP) is 2.15. The molecule has 2 aromatic heterocycles. The van der Waals surface area contributed by atoms with Gasteiger partial charge in [-0.05, 0) is 31.0 Å². The third-order valence-corrected chi connectivity index (χ3v) is 5.47. The quantitative estimate of drug-likeness (QED) is 0.491. The number of carboxylic acid groups (broad SMARTS) is 1. The van der Waals surface area contributed by atoms with Crippen molar-refractivity contribution in [3.63, 3.8) is 0 Å². The maximum absolute atomic E-state index is 13.3. The number of piperazine rings is 1. The first-order valence-corrected chi connectivity index (χ1v) is 9.97. The second-order valence-corrected chi connectivity index (χ2v) is 7.73. The number of carbonyl (C=O) groups excluding carboxylic acids is 2. The molecule has 0 saturated carbocycles. The maximum atomic E-state index is 13.3. The third kappa shape index (κ3) is 4.04. The van der Waals surface area contributed by atoms with Crippen LogP contribution in [0.5, 0.6) is 0 Å². The summed E-state index contributed by atoms with van der Waals surface area (Å²) in [5, 5.41) is 12.5. The highest BCUT2D eigenvalue weighted by Gasteiger charge is 2.31. The summed E-state index contributed by atoms with van der Waals surface area (Å²) >= 11 is 0. The molecule has 1 aliphatic rings. The van der Waals surface area contributed by atoms with Crippen LogP contribution in [0.1, 0.15) is 39.0 Å². The van der Waals surface area contributed by atoms with Crippen molar-refractivity contribution >= 4 is 28.8 Å². The number of hydrogen-bond acceptors (Lipinski definition) is 7. The molecule has 1 aromatic carbocycles. The molecule has 1 N–H and O–H groups in total. The minimum atomic E-state index is -1.66. The lowest BCUT2D eigenvalue weighted by atomic mass is 10.1. The van der Waals surface area contributed by atoms with Gasteiger partial charge in [0, 0.05) is 32.2 Å². The Bertz CT molecular complexity index is 1160. The second kappa shape index (κ2) is 8.27. The van der Waals surface area contributed by atoms with Crippen molar-refractivity contribution in [1.82, 2.24) is 19.9 Å². The maximum Gasteiger partial charge on any atom is 0.379 e. The Morgan fingerprint density at radius 3 is 2.58 bits per heavy atom. The summed E-state index contributed by atoms with van der Waals surface area (Å²) in [7, 11) is 0. The Hall–Kier alpha value is -3.59. The molecule has 0 spiro atoms.